The van der Waals surface area contributed by atoms with Crippen molar-refractivity contribution in [2.75, 3.05) is 5.75 Å². The van der Waals surface area contributed by atoms with Crippen LogP contribution in [0.4, 0.5) is 18.9 Å². The van der Waals surface area contributed by atoms with Crippen LogP contribution in [0.3, 0.4) is 0 Å². The number of halogens is 3. The van der Waals surface area contributed by atoms with Crippen molar-refractivity contribution in [1.29, 1.82) is 0 Å². The Balaban J connectivity index is 1.79. The molecule has 2 rings (SSSR count). The monoisotopic (exact) mass is 370 g/mol. The van der Waals surface area contributed by atoms with E-state index < -0.39 is 16.7 Å². The molecule has 5 nitrogen and oxygen atoms in total. The van der Waals surface area contributed by atoms with Gasteiger partial charge < -0.3 is 5.32 Å². The number of alkyl halides is 3. The normalized spacial score (nSPS) is 11.2. The number of non-ortho nitro benzene ring substituents is 1. The zero-order chi connectivity index (χ0) is 18.4. The topological polar surface area (TPSA) is 72.2 Å². The number of thioether (sulfide) groups is 1. The Morgan fingerprint density at radius 1 is 1.08 bits per heavy atom. The smallest absolute Gasteiger partial charge is 0.351 e. The van der Waals surface area contributed by atoms with E-state index in [4.69, 9.17) is 0 Å². The van der Waals surface area contributed by atoms with E-state index in [1.165, 1.54) is 36.0 Å². The molecule has 0 unspecified atom stereocenters. The summed E-state index contributed by atoms with van der Waals surface area (Å²) < 4.78 is 37.4. The van der Waals surface area contributed by atoms with E-state index in [2.05, 4.69) is 5.32 Å². The quantitative estimate of drug-likeness (QED) is 0.474. The van der Waals surface area contributed by atoms with Crippen LogP contribution in [0.1, 0.15) is 11.1 Å². The maximum Gasteiger partial charge on any atom is 0.416 e. The van der Waals surface area contributed by atoms with Crippen molar-refractivity contribution in [3.05, 3.63) is 69.8 Å². The van der Waals surface area contributed by atoms with Crippen LogP contribution in [0.15, 0.2) is 53.4 Å². The molecule has 0 heterocycles. The minimum atomic E-state index is -4.39. The summed E-state index contributed by atoms with van der Waals surface area (Å²) in [7, 11) is 0. The first-order valence-electron chi connectivity index (χ1n) is 7.06. The molecule has 0 atom stereocenters. The molecule has 0 fully saturated rings. The molecular formula is C16H13F3N2O3S. The minimum absolute atomic E-state index is 0.0314. The van der Waals surface area contributed by atoms with Crippen LogP contribution in [0.5, 0.6) is 0 Å². The Labute approximate surface area is 145 Å². The van der Waals surface area contributed by atoms with E-state index in [1.54, 1.807) is 12.1 Å². The van der Waals surface area contributed by atoms with Crippen LogP contribution >= 0.6 is 11.8 Å². The van der Waals surface area contributed by atoms with Crippen molar-refractivity contribution >= 4 is 23.4 Å². The molecule has 9 heteroatoms. The van der Waals surface area contributed by atoms with Crippen LogP contribution in [0, 0.1) is 10.1 Å². The van der Waals surface area contributed by atoms with E-state index in [-0.39, 0.29) is 23.9 Å². The van der Waals surface area contributed by atoms with Gasteiger partial charge in [-0.05, 0) is 29.8 Å². The summed E-state index contributed by atoms with van der Waals surface area (Å²) in [6, 6.07) is 10.3. The third-order valence-electron chi connectivity index (χ3n) is 3.19. The fraction of sp³-hybridized carbons (Fsp3) is 0.188. The molecule has 0 spiro atoms. The SMILES string of the molecule is O=C(CSc1ccc([N+](=O)[O-])cc1)NCc1ccc(C(F)(F)F)cc1. The van der Waals surface area contributed by atoms with Crippen molar-refractivity contribution in [2.45, 2.75) is 17.6 Å². The van der Waals surface area contributed by atoms with Crippen LogP contribution in [-0.4, -0.2) is 16.6 Å². The van der Waals surface area contributed by atoms with Crippen LogP contribution in [-0.2, 0) is 17.5 Å². The van der Waals surface area contributed by atoms with Gasteiger partial charge in [-0.1, -0.05) is 12.1 Å². The Bertz CT molecular complexity index is 747. The summed E-state index contributed by atoms with van der Waals surface area (Å²) in [5.74, 6) is -0.193. The number of hydrogen-bond acceptors (Lipinski definition) is 4. The number of benzene rings is 2. The Morgan fingerprint density at radius 3 is 2.20 bits per heavy atom. The first kappa shape index (κ1) is 18.8. The maximum absolute atomic E-state index is 12.5. The van der Waals surface area contributed by atoms with Crippen LogP contribution < -0.4 is 5.32 Å². The third kappa shape index (κ3) is 5.79. The number of amides is 1. The number of nitro benzene ring substituents is 1. The Kier molecular flexibility index (Phi) is 6.02. The summed E-state index contributed by atoms with van der Waals surface area (Å²) in [5.41, 5.74) is -0.214. The van der Waals surface area contributed by atoms with E-state index in [9.17, 15) is 28.1 Å². The second kappa shape index (κ2) is 8.02. The zero-order valence-electron chi connectivity index (χ0n) is 12.7. The number of carbonyl (C=O) groups excluding carboxylic acids is 1. The van der Waals surface area contributed by atoms with Gasteiger partial charge in [0, 0.05) is 23.6 Å². The molecule has 1 amide bonds. The van der Waals surface area contributed by atoms with Crippen LogP contribution in [0.25, 0.3) is 0 Å². The molecule has 25 heavy (non-hydrogen) atoms. The molecule has 0 bridgehead atoms. The average molecular weight is 370 g/mol. The molecule has 132 valence electrons. The lowest BCUT2D eigenvalue weighted by Crippen LogP contribution is -2.24. The summed E-state index contributed by atoms with van der Waals surface area (Å²) in [4.78, 5) is 22.5. The minimum Gasteiger partial charge on any atom is -0.351 e. The standard InChI is InChI=1S/C16H13F3N2O3S/c17-16(18,19)12-3-1-11(2-4-12)9-20-15(22)10-25-14-7-5-13(6-8-14)21(23)24/h1-8H,9-10H2,(H,20,22). The van der Waals surface area contributed by atoms with Gasteiger partial charge in [0.1, 0.15) is 0 Å². The summed E-state index contributed by atoms with van der Waals surface area (Å²) in [6.45, 7) is 0.123. The summed E-state index contributed by atoms with van der Waals surface area (Å²) in [6.07, 6.45) is -4.39. The van der Waals surface area contributed by atoms with Gasteiger partial charge in [-0.25, -0.2) is 0 Å². The molecule has 0 aliphatic heterocycles. The molecule has 1 N–H and O–H groups in total. The van der Waals surface area contributed by atoms with E-state index >= 15 is 0 Å². The summed E-state index contributed by atoms with van der Waals surface area (Å²) >= 11 is 1.21. The molecule has 0 radical (unpaired) electrons. The lowest BCUT2D eigenvalue weighted by molar-refractivity contribution is -0.384. The lowest BCUT2D eigenvalue weighted by Gasteiger charge is -2.08. The molecule has 0 aromatic heterocycles. The first-order valence-corrected chi connectivity index (χ1v) is 8.04. The van der Waals surface area contributed by atoms with Gasteiger partial charge in [-0.2, -0.15) is 13.2 Å². The number of nitrogens with one attached hydrogen (secondary N) is 1. The second-order valence-corrected chi connectivity index (χ2v) is 6.06. The highest BCUT2D eigenvalue weighted by Crippen LogP contribution is 2.29. The van der Waals surface area contributed by atoms with Crippen molar-refractivity contribution in [1.82, 2.24) is 5.32 Å². The second-order valence-electron chi connectivity index (χ2n) is 5.01. The molecule has 0 saturated heterocycles. The Hall–Kier alpha value is -2.55. The molecular weight excluding hydrogens is 357 g/mol. The van der Waals surface area contributed by atoms with Crippen molar-refractivity contribution < 1.29 is 22.9 Å². The van der Waals surface area contributed by atoms with Gasteiger partial charge in [0.25, 0.3) is 5.69 Å². The van der Waals surface area contributed by atoms with E-state index in [0.717, 1.165) is 12.1 Å². The molecule has 0 saturated carbocycles. The highest BCUT2D eigenvalue weighted by Gasteiger charge is 2.29. The first-order chi connectivity index (χ1) is 11.8. The average Bonchev–Trinajstić information content (AvgIpc) is 2.58. The van der Waals surface area contributed by atoms with E-state index in [0.29, 0.717) is 10.5 Å². The number of nitro groups is 1. The lowest BCUT2D eigenvalue weighted by atomic mass is 10.1. The van der Waals surface area contributed by atoms with Gasteiger partial charge in [0.15, 0.2) is 0 Å². The van der Waals surface area contributed by atoms with Crippen molar-refractivity contribution in [3.8, 4) is 0 Å². The molecule has 2 aromatic rings. The van der Waals surface area contributed by atoms with Gasteiger partial charge in [-0.15, -0.1) is 11.8 Å². The highest BCUT2D eigenvalue weighted by atomic mass is 32.2. The van der Waals surface area contributed by atoms with Crippen molar-refractivity contribution in [2.24, 2.45) is 0 Å². The zero-order valence-corrected chi connectivity index (χ0v) is 13.6. The summed E-state index contributed by atoms with van der Waals surface area (Å²) in [5, 5.41) is 13.2. The van der Waals surface area contributed by atoms with Gasteiger partial charge in [0.2, 0.25) is 5.91 Å². The predicted octanol–water partition coefficient (Wildman–Crippen LogP) is 4.02. The van der Waals surface area contributed by atoms with Gasteiger partial charge >= 0.3 is 6.18 Å². The highest BCUT2D eigenvalue weighted by molar-refractivity contribution is 8.00. The predicted molar refractivity (Wildman–Crippen MR) is 87.1 cm³/mol. The molecule has 0 aliphatic rings. The molecule has 0 aliphatic carbocycles. The molecule has 2 aromatic carbocycles. The van der Waals surface area contributed by atoms with Gasteiger partial charge in [-0.3, -0.25) is 14.9 Å². The Morgan fingerprint density at radius 2 is 1.68 bits per heavy atom. The number of rotatable bonds is 6. The van der Waals surface area contributed by atoms with E-state index in [1.807, 2.05) is 0 Å². The largest absolute Gasteiger partial charge is 0.416 e. The fourth-order valence-corrected chi connectivity index (χ4v) is 2.60. The fourth-order valence-electron chi connectivity index (χ4n) is 1.88. The number of hydrogen-bond donors (Lipinski definition) is 1. The van der Waals surface area contributed by atoms with Gasteiger partial charge in [0.05, 0.1) is 16.2 Å². The third-order valence-corrected chi connectivity index (χ3v) is 4.20. The van der Waals surface area contributed by atoms with Crippen LogP contribution in [0.2, 0.25) is 0 Å². The van der Waals surface area contributed by atoms with Crippen molar-refractivity contribution in [3.63, 3.8) is 0 Å². The maximum atomic E-state index is 12.5. The number of carbonyl (C=O) groups is 1. The number of nitrogens with zero attached hydrogens (tertiary/aromatic N) is 1.